The summed E-state index contributed by atoms with van der Waals surface area (Å²) in [6, 6.07) is 13.0. The first-order chi connectivity index (χ1) is 13.8. The number of fused-ring (bicyclic) bond motifs is 3. The minimum Gasteiger partial charge on any atom is -0.350 e. The average molecular weight is 401 g/mol. The normalized spacial score (nSPS) is 17.4. The maximum atomic E-state index is 14.8. The molecule has 8 heteroatoms. The quantitative estimate of drug-likeness (QED) is 0.755. The van der Waals surface area contributed by atoms with E-state index in [4.69, 9.17) is 0 Å². The number of nitrogens with zero attached hydrogens (tertiary/aromatic N) is 1. The molecular formula is C21H21F2N3O3. The van der Waals surface area contributed by atoms with Gasteiger partial charge in [-0.05, 0) is 24.1 Å². The molecule has 1 aliphatic heterocycles. The van der Waals surface area contributed by atoms with Crippen molar-refractivity contribution in [1.82, 2.24) is 10.6 Å². The summed E-state index contributed by atoms with van der Waals surface area (Å²) in [6.45, 7) is -0.517. The maximum absolute atomic E-state index is 14.8. The molecule has 0 spiro atoms. The van der Waals surface area contributed by atoms with Gasteiger partial charge in [0.2, 0.25) is 0 Å². The van der Waals surface area contributed by atoms with E-state index in [1.165, 1.54) is 4.90 Å². The van der Waals surface area contributed by atoms with E-state index in [-0.39, 0.29) is 0 Å². The van der Waals surface area contributed by atoms with Crippen molar-refractivity contribution in [2.24, 2.45) is 0 Å². The van der Waals surface area contributed by atoms with E-state index in [0.717, 1.165) is 12.5 Å². The van der Waals surface area contributed by atoms with E-state index in [9.17, 15) is 23.2 Å². The number of likely N-dealkylation sites (N-methyl/N-ethyl adjacent to an activating group) is 1. The van der Waals surface area contributed by atoms with E-state index in [0.29, 0.717) is 16.8 Å². The van der Waals surface area contributed by atoms with Crippen LogP contribution in [0.3, 0.4) is 0 Å². The number of hydrogen-bond donors (Lipinski definition) is 2. The van der Waals surface area contributed by atoms with Crippen LogP contribution in [0, 0.1) is 0 Å². The number of halogens is 2. The summed E-state index contributed by atoms with van der Waals surface area (Å²) >= 11 is 0. The summed E-state index contributed by atoms with van der Waals surface area (Å²) in [5, 5.41) is 4.38. The van der Waals surface area contributed by atoms with Gasteiger partial charge in [0, 0.05) is 19.2 Å². The fourth-order valence-electron chi connectivity index (χ4n) is 3.27. The Morgan fingerprint density at radius 3 is 2.38 bits per heavy atom. The maximum Gasteiger partial charge on any atom is 0.268 e. The first kappa shape index (κ1) is 20.4. The zero-order valence-corrected chi connectivity index (χ0v) is 16.0. The highest BCUT2D eigenvalue weighted by atomic mass is 19.1. The minimum absolute atomic E-state index is 0.408. The molecule has 2 N–H and O–H groups in total. The van der Waals surface area contributed by atoms with Crippen molar-refractivity contribution in [3.05, 3.63) is 54.1 Å². The van der Waals surface area contributed by atoms with Gasteiger partial charge in [0.15, 0.2) is 0 Å². The Kier molecular flexibility index (Phi) is 5.63. The number of anilines is 1. The summed E-state index contributed by atoms with van der Waals surface area (Å²) in [4.78, 5) is 39.0. The van der Waals surface area contributed by atoms with Gasteiger partial charge in [-0.25, -0.2) is 8.78 Å². The van der Waals surface area contributed by atoms with Gasteiger partial charge in [-0.1, -0.05) is 42.5 Å². The van der Waals surface area contributed by atoms with E-state index in [1.54, 1.807) is 37.4 Å². The largest absolute Gasteiger partial charge is 0.350 e. The lowest BCUT2D eigenvalue weighted by Crippen LogP contribution is -2.54. The van der Waals surface area contributed by atoms with Gasteiger partial charge in [-0.2, -0.15) is 0 Å². The smallest absolute Gasteiger partial charge is 0.268 e. The van der Waals surface area contributed by atoms with Gasteiger partial charge in [-0.3, -0.25) is 14.4 Å². The van der Waals surface area contributed by atoms with Crippen LogP contribution in [0.1, 0.15) is 18.5 Å². The molecule has 0 fully saturated rings. The molecule has 0 bridgehead atoms. The van der Waals surface area contributed by atoms with Crippen LogP contribution in [-0.4, -0.2) is 43.7 Å². The second kappa shape index (κ2) is 7.98. The predicted octanol–water partition coefficient (Wildman–Crippen LogP) is 2.30. The van der Waals surface area contributed by atoms with Crippen molar-refractivity contribution >= 4 is 23.4 Å². The molecule has 0 saturated heterocycles. The van der Waals surface area contributed by atoms with Gasteiger partial charge in [0.25, 0.3) is 23.4 Å². The first-order valence-corrected chi connectivity index (χ1v) is 9.09. The highest BCUT2D eigenvalue weighted by Gasteiger charge is 2.44. The standard InChI is InChI=1S/C21H21F2N3O3/c1-21(23,19(28)24-12-11-22)20(29)25-17-15-9-4-3-7-13(15)14-8-5-6-10-16(14)26(2)18(17)27/h3-10,17H,11-12H2,1-2H3,(H,24,28)(H,25,29). The highest BCUT2D eigenvalue weighted by Crippen LogP contribution is 2.39. The number of hydrogen-bond acceptors (Lipinski definition) is 3. The van der Waals surface area contributed by atoms with E-state index in [1.807, 2.05) is 23.5 Å². The first-order valence-electron chi connectivity index (χ1n) is 9.09. The fourth-order valence-corrected chi connectivity index (χ4v) is 3.27. The Morgan fingerprint density at radius 1 is 1.07 bits per heavy atom. The fraction of sp³-hybridized carbons (Fsp3) is 0.286. The number of alkyl halides is 2. The highest BCUT2D eigenvalue weighted by molar-refractivity contribution is 6.11. The summed E-state index contributed by atoms with van der Waals surface area (Å²) in [5.41, 5.74) is -0.330. The van der Waals surface area contributed by atoms with Crippen LogP contribution in [0.4, 0.5) is 14.5 Å². The zero-order valence-electron chi connectivity index (χ0n) is 16.0. The molecule has 2 aromatic carbocycles. The number of rotatable bonds is 5. The van der Waals surface area contributed by atoms with Gasteiger partial charge in [-0.15, -0.1) is 0 Å². The number of benzene rings is 2. The summed E-state index contributed by atoms with van der Waals surface area (Å²) < 4.78 is 27.1. The van der Waals surface area contributed by atoms with Crippen molar-refractivity contribution < 1.29 is 23.2 Å². The van der Waals surface area contributed by atoms with Crippen molar-refractivity contribution in [3.8, 4) is 11.1 Å². The molecular weight excluding hydrogens is 380 g/mol. The molecule has 152 valence electrons. The number of carbonyl (C=O) groups is 3. The molecule has 29 heavy (non-hydrogen) atoms. The molecule has 0 saturated carbocycles. The molecule has 2 aromatic rings. The Labute approximate surface area is 166 Å². The van der Waals surface area contributed by atoms with Crippen LogP contribution in [0.2, 0.25) is 0 Å². The average Bonchev–Trinajstić information content (AvgIpc) is 2.82. The number of nitrogens with one attached hydrogen (secondary N) is 2. The van der Waals surface area contributed by atoms with Crippen molar-refractivity contribution in [1.29, 1.82) is 0 Å². The van der Waals surface area contributed by atoms with Crippen molar-refractivity contribution in [2.45, 2.75) is 18.6 Å². The summed E-state index contributed by atoms with van der Waals surface area (Å²) in [7, 11) is 1.56. The molecule has 2 atom stereocenters. The van der Waals surface area contributed by atoms with E-state index < -0.39 is 42.7 Å². The van der Waals surface area contributed by atoms with Gasteiger partial charge in [0.1, 0.15) is 12.7 Å². The lowest BCUT2D eigenvalue weighted by molar-refractivity contribution is -0.146. The Hall–Kier alpha value is -3.29. The molecule has 2 unspecified atom stereocenters. The number of para-hydroxylation sites is 1. The molecule has 1 heterocycles. The second-order valence-corrected chi connectivity index (χ2v) is 6.86. The number of carbonyl (C=O) groups excluding carboxylic acids is 3. The third kappa shape index (κ3) is 3.70. The zero-order chi connectivity index (χ0) is 21.2. The van der Waals surface area contributed by atoms with Crippen LogP contribution >= 0.6 is 0 Å². The number of amides is 3. The molecule has 3 rings (SSSR count). The van der Waals surface area contributed by atoms with Gasteiger partial charge in [0.05, 0.1) is 5.69 Å². The SMILES string of the molecule is CN1C(=O)C(NC(=O)C(C)(F)C(=O)NCCF)c2ccccc2-c2ccccc21. The van der Waals surface area contributed by atoms with Gasteiger partial charge < -0.3 is 15.5 Å². The molecule has 0 aliphatic carbocycles. The van der Waals surface area contributed by atoms with Crippen LogP contribution in [-0.2, 0) is 14.4 Å². The summed E-state index contributed by atoms with van der Waals surface area (Å²) in [6.07, 6.45) is 0. The molecule has 0 radical (unpaired) electrons. The Balaban J connectivity index is 1.99. The topological polar surface area (TPSA) is 78.5 Å². The van der Waals surface area contributed by atoms with Crippen molar-refractivity contribution in [2.75, 3.05) is 25.2 Å². The molecule has 3 amide bonds. The van der Waals surface area contributed by atoms with Crippen LogP contribution in [0.15, 0.2) is 48.5 Å². The Bertz CT molecular complexity index is 962. The van der Waals surface area contributed by atoms with Crippen molar-refractivity contribution in [3.63, 3.8) is 0 Å². The van der Waals surface area contributed by atoms with Crippen LogP contribution < -0.4 is 15.5 Å². The van der Waals surface area contributed by atoms with Gasteiger partial charge >= 0.3 is 0 Å². The lowest BCUT2D eigenvalue weighted by atomic mass is 9.95. The third-order valence-corrected chi connectivity index (χ3v) is 4.91. The lowest BCUT2D eigenvalue weighted by Gasteiger charge is -2.26. The second-order valence-electron chi connectivity index (χ2n) is 6.86. The third-order valence-electron chi connectivity index (χ3n) is 4.91. The Morgan fingerprint density at radius 2 is 1.69 bits per heavy atom. The predicted molar refractivity (Wildman–Crippen MR) is 105 cm³/mol. The van der Waals surface area contributed by atoms with Crippen LogP contribution in [0.25, 0.3) is 11.1 Å². The summed E-state index contributed by atoms with van der Waals surface area (Å²) in [5.74, 6) is -3.02. The van der Waals surface area contributed by atoms with E-state index >= 15 is 0 Å². The molecule has 0 aromatic heterocycles. The molecule has 1 aliphatic rings. The van der Waals surface area contributed by atoms with E-state index in [2.05, 4.69) is 5.32 Å². The van der Waals surface area contributed by atoms with Crippen LogP contribution in [0.5, 0.6) is 0 Å². The minimum atomic E-state index is -2.97. The monoisotopic (exact) mass is 401 g/mol. The molecule has 6 nitrogen and oxygen atoms in total.